The third-order valence-electron chi connectivity index (χ3n) is 7.22. The standard InChI is InChI=1S/C29H50O3/c1-7-12-24(8-2)25-15-17-27(18-16-25)32-29(21-28(22(3)4)23(5)6)31-20-19-30-26-13-10-9-11-14-26/h15-18,22-24,26,28-29H,7-14,19-21H2,1-6H3. The summed E-state index contributed by atoms with van der Waals surface area (Å²) >= 11 is 0. The molecule has 2 rings (SSSR count). The number of ether oxygens (including phenoxy) is 3. The lowest BCUT2D eigenvalue weighted by atomic mass is 9.83. The molecule has 0 aromatic heterocycles. The summed E-state index contributed by atoms with van der Waals surface area (Å²) in [6.07, 6.45) is 11.1. The van der Waals surface area contributed by atoms with Gasteiger partial charge < -0.3 is 14.2 Å². The van der Waals surface area contributed by atoms with Gasteiger partial charge in [-0.25, -0.2) is 0 Å². The third kappa shape index (κ3) is 9.43. The molecule has 0 N–H and O–H groups in total. The number of benzene rings is 1. The lowest BCUT2D eigenvalue weighted by Gasteiger charge is -2.30. The summed E-state index contributed by atoms with van der Waals surface area (Å²) in [7, 11) is 0. The van der Waals surface area contributed by atoms with E-state index in [0.29, 0.717) is 43.0 Å². The molecule has 0 heterocycles. The van der Waals surface area contributed by atoms with Crippen molar-refractivity contribution >= 4 is 0 Å². The van der Waals surface area contributed by atoms with Crippen LogP contribution >= 0.6 is 0 Å². The molecule has 2 atom stereocenters. The second kappa shape index (κ2) is 15.0. The highest BCUT2D eigenvalue weighted by atomic mass is 16.7. The van der Waals surface area contributed by atoms with E-state index in [1.165, 1.54) is 56.9 Å². The molecule has 1 aliphatic rings. The maximum absolute atomic E-state index is 6.39. The molecule has 0 bridgehead atoms. The Bertz CT molecular complexity index is 581. The van der Waals surface area contributed by atoms with E-state index in [1.807, 2.05) is 0 Å². The Labute approximate surface area is 198 Å². The second-order valence-corrected chi connectivity index (χ2v) is 10.4. The monoisotopic (exact) mass is 446 g/mol. The molecule has 32 heavy (non-hydrogen) atoms. The van der Waals surface area contributed by atoms with Gasteiger partial charge in [-0.15, -0.1) is 0 Å². The van der Waals surface area contributed by atoms with Crippen LogP contribution in [0.25, 0.3) is 0 Å². The summed E-state index contributed by atoms with van der Waals surface area (Å²) in [5.41, 5.74) is 1.42. The van der Waals surface area contributed by atoms with E-state index in [2.05, 4.69) is 65.8 Å². The van der Waals surface area contributed by atoms with Gasteiger partial charge in [-0.1, -0.05) is 79.4 Å². The minimum absolute atomic E-state index is 0.233. The SMILES string of the molecule is CCCC(CC)c1ccc(OC(CC(C(C)C)C(C)C)OCCOC2CCCCC2)cc1. The predicted octanol–water partition coefficient (Wildman–Crippen LogP) is 8.37. The fraction of sp³-hybridized carbons (Fsp3) is 0.793. The van der Waals surface area contributed by atoms with Crippen LogP contribution in [0.15, 0.2) is 24.3 Å². The molecule has 1 saturated carbocycles. The van der Waals surface area contributed by atoms with Gasteiger partial charge >= 0.3 is 0 Å². The first-order chi connectivity index (χ1) is 15.4. The lowest BCUT2D eigenvalue weighted by Crippen LogP contribution is -2.30. The molecule has 2 unspecified atom stereocenters. The quantitative estimate of drug-likeness (QED) is 0.200. The molecule has 1 aromatic carbocycles. The molecule has 0 spiro atoms. The smallest absolute Gasteiger partial charge is 0.200 e. The molecule has 1 aliphatic carbocycles. The van der Waals surface area contributed by atoms with Crippen molar-refractivity contribution in [2.24, 2.45) is 17.8 Å². The van der Waals surface area contributed by atoms with Crippen LogP contribution in [0, 0.1) is 17.8 Å². The average Bonchev–Trinajstić information content (AvgIpc) is 2.79. The van der Waals surface area contributed by atoms with Gasteiger partial charge in [-0.2, -0.15) is 0 Å². The summed E-state index contributed by atoms with van der Waals surface area (Å²) in [6, 6.07) is 8.74. The highest BCUT2D eigenvalue weighted by Crippen LogP contribution is 2.30. The lowest BCUT2D eigenvalue weighted by molar-refractivity contribution is -0.118. The first-order valence-corrected chi connectivity index (χ1v) is 13.4. The summed E-state index contributed by atoms with van der Waals surface area (Å²) in [5, 5.41) is 0. The summed E-state index contributed by atoms with van der Waals surface area (Å²) in [6.45, 7) is 15.0. The molecule has 0 radical (unpaired) electrons. The Morgan fingerprint density at radius 1 is 0.875 bits per heavy atom. The molecule has 1 aromatic rings. The fourth-order valence-corrected chi connectivity index (χ4v) is 5.24. The Hall–Kier alpha value is -1.06. The van der Waals surface area contributed by atoms with E-state index >= 15 is 0 Å². The van der Waals surface area contributed by atoms with Gasteiger partial charge in [-0.3, -0.25) is 0 Å². The molecule has 0 aliphatic heterocycles. The average molecular weight is 447 g/mol. The van der Waals surface area contributed by atoms with E-state index in [-0.39, 0.29) is 6.29 Å². The second-order valence-electron chi connectivity index (χ2n) is 10.4. The van der Waals surface area contributed by atoms with E-state index in [9.17, 15) is 0 Å². The van der Waals surface area contributed by atoms with Gasteiger partial charge in [0.05, 0.1) is 19.3 Å². The third-order valence-corrected chi connectivity index (χ3v) is 7.22. The van der Waals surface area contributed by atoms with E-state index in [4.69, 9.17) is 14.2 Å². The maximum atomic E-state index is 6.39. The van der Waals surface area contributed by atoms with Crippen molar-refractivity contribution in [3.8, 4) is 5.75 Å². The summed E-state index contributed by atoms with van der Waals surface area (Å²) < 4.78 is 18.7. The molecule has 1 fully saturated rings. The molecule has 3 nitrogen and oxygen atoms in total. The zero-order valence-electron chi connectivity index (χ0n) is 21.8. The normalized spacial score (nSPS) is 17.3. The van der Waals surface area contributed by atoms with Crippen molar-refractivity contribution in [3.05, 3.63) is 29.8 Å². The van der Waals surface area contributed by atoms with Crippen molar-refractivity contribution in [1.29, 1.82) is 0 Å². The van der Waals surface area contributed by atoms with Gasteiger partial charge in [0.25, 0.3) is 0 Å². The predicted molar refractivity (Wildman–Crippen MR) is 135 cm³/mol. The van der Waals surface area contributed by atoms with Crippen LogP contribution in [0.1, 0.15) is 111 Å². The minimum atomic E-state index is -0.233. The summed E-state index contributed by atoms with van der Waals surface area (Å²) in [5.74, 6) is 3.32. The highest BCUT2D eigenvalue weighted by Gasteiger charge is 2.24. The van der Waals surface area contributed by atoms with Crippen LogP contribution < -0.4 is 4.74 Å². The first kappa shape index (κ1) is 27.2. The fourth-order valence-electron chi connectivity index (χ4n) is 5.24. The van der Waals surface area contributed by atoms with Gasteiger partial charge in [0.2, 0.25) is 0 Å². The van der Waals surface area contributed by atoms with Gasteiger partial charge in [0.1, 0.15) is 5.75 Å². The van der Waals surface area contributed by atoms with Gasteiger partial charge in [0, 0.05) is 6.42 Å². The van der Waals surface area contributed by atoms with Crippen LogP contribution in [0.2, 0.25) is 0 Å². The topological polar surface area (TPSA) is 27.7 Å². The molecular weight excluding hydrogens is 396 g/mol. The first-order valence-electron chi connectivity index (χ1n) is 13.4. The Morgan fingerprint density at radius 3 is 2.09 bits per heavy atom. The minimum Gasteiger partial charge on any atom is -0.465 e. The number of hydrogen-bond acceptors (Lipinski definition) is 3. The van der Waals surface area contributed by atoms with Crippen molar-refractivity contribution in [3.63, 3.8) is 0 Å². The van der Waals surface area contributed by atoms with E-state index in [1.54, 1.807) is 0 Å². The Kier molecular flexibility index (Phi) is 12.7. The Balaban J connectivity index is 1.96. The highest BCUT2D eigenvalue weighted by molar-refractivity contribution is 5.29. The van der Waals surface area contributed by atoms with Crippen LogP contribution in [0.5, 0.6) is 5.75 Å². The van der Waals surface area contributed by atoms with E-state index < -0.39 is 0 Å². The van der Waals surface area contributed by atoms with Crippen molar-refractivity contribution in [2.75, 3.05) is 13.2 Å². The zero-order valence-corrected chi connectivity index (χ0v) is 21.8. The van der Waals surface area contributed by atoms with Crippen molar-refractivity contribution in [1.82, 2.24) is 0 Å². The number of hydrogen-bond donors (Lipinski definition) is 0. The molecule has 0 saturated heterocycles. The maximum Gasteiger partial charge on any atom is 0.200 e. The molecule has 3 heteroatoms. The van der Waals surface area contributed by atoms with Gasteiger partial charge in [-0.05, 0) is 67.1 Å². The van der Waals surface area contributed by atoms with Gasteiger partial charge in [0.15, 0.2) is 6.29 Å². The van der Waals surface area contributed by atoms with Crippen molar-refractivity contribution in [2.45, 2.75) is 118 Å². The molecule has 0 amide bonds. The molecular formula is C29H50O3. The Morgan fingerprint density at radius 2 is 1.53 bits per heavy atom. The van der Waals surface area contributed by atoms with E-state index in [0.717, 1.165) is 12.2 Å². The van der Waals surface area contributed by atoms with Crippen LogP contribution in [0.3, 0.4) is 0 Å². The van der Waals surface area contributed by atoms with Crippen LogP contribution in [-0.4, -0.2) is 25.6 Å². The molecule has 184 valence electrons. The number of rotatable bonds is 15. The summed E-state index contributed by atoms with van der Waals surface area (Å²) in [4.78, 5) is 0. The largest absolute Gasteiger partial charge is 0.465 e. The zero-order chi connectivity index (χ0) is 23.3. The van der Waals surface area contributed by atoms with Crippen LogP contribution in [-0.2, 0) is 9.47 Å². The van der Waals surface area contributed by atoms with Crippen molar-refractivity contribution < 1.29 is 14.2 Å². The van der Waals surface area contributed by atoms with Crippen LogP contribution in [0.4, 0.5) is 0 Å².